The van der Waals surface area contributed by atoms with E-state index in [1.54, 1.807) is 35.6 Å². The molecule has 160 valence electrons. The second-order valence-corrected chi connectivity index (χ2v) is 7.78. The zero-order valence-electron chi connectivity index (χ0n) is 17.7. The van der Waals surface area contributed by atoms with Gasteiger partial charge in [0.25, 0.3) is 11.7 Å². The lowest BCUT2D eigenvalue weighted by Crippen LogP contribution is -2.50. The first kappa shape index (κ1) is 20.9. The summed E-state index contributed by atoms with van der Waals surface area (Å²) in [5.41, 5.74) is 3.04. The molecule has 0 unspecified atom stereocenters. The molecule has 0 saturated carbocycles. The maximum absolute atomic E-state index is 13.9. The highest BCUT2D eigenvalue weighted by molar-refractivity contribution is 6.43. The molecule has 6 nitrogen and oxygen atoms in total. The molecule has 0 aliphatic carbocycles. The van der Waals surface area contributed by atoms with Crippen LogP contribution in [0, 0.1) is 19.7 Å². The Kier molecular flexibility index (Phi) is 5.95. The molecule has 0 atom stereocenters. The number of aryl methyl sites for hydroxylation is 1. The predicted molar refractivity (Wildman–Crippen MR) is 116 cm³/mol. The molecule has 2 heterocycles. The number of ketones is 1. The zero-order chi connectivity index (χ0) is 22.0. The molecule has 31 heavy (non-hydrogen) atoms. The fourth-order valence-electron chi connectivity index (χ4n) is 4.02. The van der Waals surface area contributed by atoms with Gasteiger partial charge in [-0.1, -0.05) is 36.4 Å². The number of rotatable bonds is 5. The Labute approximate surface area is 180 Å². The van der Waals surface area contributed by atoms with Gasteiger partial charge in [0, 0.05) is 38.3 Å². The summed E-state index contributed by atoms with van der Waals surface area (Å²) in [6.45, 7) is 6.10. The first-order valence-corrected chi connectivity index (χ1v) is 10.4. The van der Waals surface area contributed by atoms with Crippen LogP contribution in [0.3, 0.4) is 0 Å². The number of Topliss-reactive ketones (excluding diaryl/α,β-unsaturated/α-hetero) is 1. The minimum atomic E-state index is -0.528. The van der Waals surface area contributed by atoms with E-state index in [-0.39, 0.29) is 5.82 Å². The lowest BCUT2D eigenvalue weighted by molar-refractivity contribution is -0.128. The van der Waals surface area contributed by atoms with Crippen LogP contribution in [0.4, 0.5) is 4.39 Å². The maximum atomic E-state index is 13.9. The molecule has 0 radical (unpaired) electrons. The Morgan fingerprint density at radius 2 is 1.58 bits per heavy atom. The van der Waals surface area contributed by atoms with E-state index < -0.39 is 11.7 Å². The van der Waals surface area contributed by atoms with Crippen molar-refractivity contribution in [3.8, 4) is 5.69 Å². The van der Waals surface area contributed by atoms with E-state index >= 15 is 0 Å². The standard InChI is InChI=1S/C24H25FN4O2/c1-17-22(18(2)29(26-17)20-9-4-3-5-10-20)23(30)24(31)28-14-12-27(13-15-28)16-19-8-6-7-11-21(19)25/h3-11H,12-16H2,1-2H3. The average molecular weight is 420 g/mol. The minimum absolute atomic E-state index is 0.224. The number of carbonyl (C=O) groups is 2. The van der Waals surface area contributed by atoms with Crippen molar-refractivity contribution in [3.05, 3.63) is 82.9 Å². The Bertz CT molecular complexity index is 1100. The number of carbonyl (C=O) groups excluding carboxylic acids is 2. The molecule has 2 aromatic carbocycles. The number of halogens is 1. The van der Waals surface area contributed by atoms with E-state index in [0.29, 0.717) is 55.2 Å². The Morgan fingerprint density at radius 1 is 0.935 bits per heavy atom. The van der Waals surface area contributed by atoms with Gasteiger partial charge in [-0.05, 0) is 32.0 Å². The number of hydrogen-bond acceptors (Lipinski definition) is 4. The second-order valence-electron chi connectivity index (χ2n) is 7.78. The van der Waals surface area contributed by atoms with Crippen LogP contribution in [0.2, 0.25) is 0 Å². The summed E-state index contributed by atoms with van der Waals surface area (Å²) in [6.07, 6.45) is 0. The summed E-state index contributed by atoms with van der Waals surface area (Å²) in [4.78, 5) is 29.6. The van der Waals surface area contributed by atoms with Crippen molar-refractivity contribution in [2.24, 2.45) is 0 Å². The Balaban J connectivity index is 1.43. The highest BCUT2D eigenvalue weighted by atomic mass is 19.1. The van der Waals surface area contributed by atoms with Gasteiger partial charge in [-0.2, -0.15) is 5.10 Å². The molecule has 3 aromatic rings. The van der Waals surface area contributed by atoms with E-state index in [1.165, 1.54) is 6.07 Å². The average Bonchev–Trinajstić information content (AvgIpc) is 3.09. The number of hydrogen-bond donors (Lipinski definition) is 0. The maximum Gasteiger partial charge on any atom is 0.295 e. The molecular formula is C24H25FN4O2. The van der Waals surface area contributed by atoms with Gasteiger partial charge < -0.3 is 4.90 Å². The lowest BCUT2D eigenvalue weighted by atomic mass is 10.1. The quantitative estimate of drug-likeness (QED) is 0.470. The van der Waals surface area contributed by atoms with Crippen LogP contribution in [0.1, 0.15) is 27.3 Å². The van der Waals surface area contributed by atoms with Crippen molar-refractivity contribution in [2.45, 2.75) is 20.4 Å². The van der Waals surface area contributed by atoms with E-state index in [1.807, 2.05) is 36.4 Å². The summed E-state index contributed by atoms with van der Waals surface area (Å²) in [5, 5.41) is 4.48. The van der Waals surface area contributed by atoms with Gasteiger partial charge in [-0.15, -0.1) is 0 Å². The topological polar surface area (TPSA) is 58.4 Å². The van der Waals surface area contributed by atoms with Crippen molar-refractivity contribution in [2.75, 3.05) is 26.2 Å². The van der Waals surface area contributed by atoms with Crippen molar-refractivity contribution in [1.29, 1.82) is 0 Å². The van der Waals surface area contributed by atoms with Gasteiger partial charge in [0.1, 0.15) is 5.82 Å². The van der Waals surface area contributed by atoms with E-state index in [9.17, 15) is 14.0 Å². The van der Waals surface area contributed by atoms with Crippen LogP contribution in [0.15, 0.2) is 54.6 Å². The number of aromatic nitrogens is 2. The van der Waals surface area contributed by atoms with Crippen molar-refractivity contribution < 1.29 is 14.0 Å². The number of piperazine rings is 1. The molecular weight excluding hydrogens is 395 g/mol. The second kappa shape index (κ2) is 8.81. The van der Waals surface area contributed by atoms with Gasteiger partial charge in [0.15, 0.2) is 0 Å². The molecule has 1 saturated heterocycles. The van der Waals surface area contributed by atoms with Gasteiger partial charge in [0.05, 0.1) is 22.6 Å². The van der Waals surface area contributed by atoms with Gasteiger partial charge >= 0.3 is 0 Å². The Hall–Kier alpha value is -3.32. The molecule has 1 fully saturated rings. The third kappa shape index (κ3) is 4.27. The number of amides is 1. The fourth-order valence-corrected chi connectivity index (χ4v) is 4.02. The molecule has 1 aliphatic heterocycles. The monoisotopic (exact) mass is 420 g/mol. The molecule has 7 heteroatoms. The third-order valence-electron chi connectivity index (χ3n) is 5.72. The number of nitrogens with zero attached hydrogens (tertiary/aromatic N) is 4. The van der Waals surface area contributed by atoms with Gasteiger partial charge in [-0.25, -0.2) is 9.07 Å². The van der Waals surface area contributed by atoms with Crippen LogP contribution >= 0.6 is 0 Å². The van der Waals surface area contributed by atoms with Crippen molar-refractivity contribution in [1.82, 2.24) is 19.6 Å². The molecule has 1 amide bonds. The molecule has 0 N–H and O–H groups in total. The summed E-state index contributed by atoms with van der Waals surface area (Å²) in [5.74, 6) is -1.26. The largest absolute Gasteiger partial charge is 0.333 e. The van der Waals surface area contributed by atoms with Crippen LogP contribution in [0.25, 0.3) is 5.69 Å². The van der Waals surface area contributed by atoms with E-state index in [0.717, 1.165) is 5.69 Å². The summed E-state index contributed by atoms with van der Waals surface area (Å²) >= 11 is 0. The minimum Gasteiger partial charge on any atom is -0.333 e. The highest BCUT2D eigenvalue weighted by Gasteiger charge is 2.31. The number of para-hydroxylation sites is 1. The first-order chi connectivity index (χ1) is 15.0. The molecule has 1 aliphatic rings. The Morgan fingerprint density at radius 3 is 2.26 bits per heavy atom. The predicted octanol–water partition coefficient (Wildman–Crippen LogP) is 3.16. The lowest BCUT2D eigenvalue weighted by Gasteiger charge is -2.34. The molecule has 4 rings (SSSR count). The smallest absolute Gasteiger partial charge is 0.295 e. The van der Waals surface area contributed by atoms with Crippen LogP contribution in [-0.4, -0.2) is 57.4 Å². The number of benzene rings is 2. The SMILES string of the molecule is Cc1nn(-c2ccccc2)c(C)c1C(=O)C(=O)N1CCN(Cc2ccccc2F)CC1. The summed E-state index contributed by atoms with van der Waals surface area (Å²) in [6, 6.07) is 16.2. The zero-order valence-corrected chi connectivity index (χ0v) is 17.7. The normalized spacial score (nSPS) is 14.6. The van der Waals surface area contributed by atoms with Gasteiger partial charge in [0.2, 0.25) is 0 Å². The van der Waals surface area contributed by atoms with E-state index in [2.05, 4.69) is 10.00 Å². The van der Waals surface area contributed by atoms with Crippen LogP contribution < -0.4 is 0 Å². The van der Waals surface area contributed by atoms with E-state index in [4.69, 9.17) is 0 Å². The van der Waals surface area contributed by atoms with Crippen LogP contribution in [0.5, 0.6) is 0 Å². The summed E-state index contributed by atoms with van der Waals surface area (Å²) in [7, 11) is 0. The van der Waals surface area contributed by atoms with Gasteiger partial charge in [-0.3, -0.25) is 14.5 Å². The third-order valence-corrected chi connectivity index (χ3v) is 5.72. The highest BCUT2D eigenvalue weighted by Crippen LogP contribution is 2.20. The van der Waals surface area contributed by atoms with Crippen molar-refractivity contribution >= 4 is 11.7 Å². The van der Waals surface area contributed by atoms with Crippen molar-refractivity contribution in [3.63, 3.8) is 0 Å². The van der Waals surface area contributed by atoms with Crippen LogP contribution in [-0.2, 0) is 11.3 Å². The first-order valence-electron chi connectivity index (χ1n) is 10.4. The molecule has 0 spiro atoms. The summed E-state index contributed by atoms with van der Waals surface area (Å²) < 4.78 is 15.6. The molecule has 1 aromatic heterocycles. The molecule has 0 bridgehead atoms. The fraction of sp³-hybridized carbons (Fsp3) is 0.292.